The molecule has 0 amide bonds. The van der Waals surface area contributed by atoms with Gasteiger partial charge in [0.1, 0.15) is 0 Å². The van der Waals surface area contributed by atoms with E-state index in [2.05, 4.69) is 9.97 Å². The number of halogens is 2. The van der Waals surface area contributed by atoms with E-state index in [1.54, 1.807) is 11.9 Å². The van der Waals surface area contributed by atoms with Crippen molar-refractivity contribution in [3.63, 3.8) is 0 Å². The molecule has 1 aromatic rings. The molecule has 1 aromatic heterocycles. The Balaban J connectivity index is 2.13. The van der Waals surface area contributed by atoms with Crippen molar-refractivity contribution in [2.24, 2.45) is 0 Å². The average Bonchev–Trinajstić information content (AvgIpc) is 2.68. The molecule has 94 valence electrons. The van der Waals surface area contributed by atoms with Gasteiger partial charge in [0.25, 0.3) is 0 Å². The topological polar surface area (TPSA) is 49.2 Å². The first-order chi connectivity index (χ1) is 8.00. The van der Waals surface area contributed by atoms with Crippen molar-refractivity contribution >= 4 is 17.4 Å². The summed E-state index contributed by atoms with van der Waals surface area (Å²) in [5.74, 6) is -0.399. The third kappa shape index (κ3) is 2.84. The Kier molecular flexibility index (Phi) is 3.49. The van der Waals surface area contributed by atoms with Crippen LogP contribution in [0.2, 0.25) is 5.28 Å². The molecule has 0 atom stereocenters. The Morgan fingerprint density at radius 2 is 2.18 bits per heavy atom. The zero-order valence-corrected chi connectivity index (χ0v) is 10.4. The van der Waals surface area contributed by atoms with Gasteiger partial charge >= 0.3 is 0 Å². The van der Waals surface area contributed by atoms with Gasteiger partial charge in [-0.25, -0.2) is 9.37 Å². The van der Waals surface area contributed by atoms with Gasteiger partial charge in [0.2, 0.25) is 5.28 Å². The van der Waals surface area contributed by atoms with Crippen LogP contribution in [0.25, 0.3) is 0 Å². The fraction of sp³-hybridized carbons (Fsp3) is 0.636. The largest absolute Gasteiger partial charge is 0.388 e. The summed E-state index contributed by atoms with van der Waals surface area (Å²) in [5.41, 5.74) is -0.737. The lowest BCUT2D eigenvalue weighted by Gasteiger charge is -2.29. The number of aliphatic hydroxyl groups is 1. The molecule has 4 nitrogen and oxygen atoms in total. The van der Waals surface area contributed by atoms with E-state index in [-0.39, 0.29) is 11.1 Å². The fourth-order valence-electron chi connectivity index (χ4n) is 2.31. The summed E-state index contributed by atoms with van der Waals surface area (Å²) in [5, 5.41) is 10.2. The first-order valence-corrected chi connectivity index (χ1v) is 5.99. The molecule has 17 heavy (non-hydrogen) atoms. The van der Waals surface area contributed by atoms with Crippen LogP contribution in [0.1, 0.15) is 25.7 Å². The number of nitrogens with zero attached hydrogens (tertiary/aromatic N) is 3. The van der Waals surface area contributed by atoms with Gasteiger partial charge in [0.05, 0.1) is 11.8 Å². The Bertz CT molecular complexity index is 410. The maximum Gasteiger partial charge on any atom is 0.224 e. The Morgan fingerprint density at radius 1 is 1.53 bits per heavy atom. The lowest BCUT2D eigenvalue weighted by atomic mass is 10.0. The van der Waals surface area contributed by atoms with E-state index >= 15 is 0 Å². The number of anilines is 1. The standard InChI is InChI=1S/C11H15ClFN3O/c1-16(7-11(17)4-2-3-5-11)9-8(13)6-14-10(12)15-9/h6,17H,2-5,7H2,1H3. The van der Waals surface area contributed by atoms with Crippen molar-refractivity contribution in [3.05, 3.63) is 17.3 Å². The second-order valence-electron chi connectivity index (χ2n) is 4.60. The molecular formula is C11H15ClFN3O. The molecule has 0 radical (unpaired) electrons. The number of likely N-dealkylation sites (N-methyl/N-ethyl adjacent to an activating group) is 1. The lowest BCUT2D eigenvalue weighted by molar-refractivity contribution is 0.0556. The van der Waals surface area contributed by atoms with Crippen LogP contribution >= 0.6 is 11.6 Å². The summed E-state index contributed by atoms with van der Waals surface area (Å²) in [4.78, 5) is 8.99. The summed E-state index contributed by atoms with van der Waals surface area (Å²) in [6.07, 6.45) is 4.56. The predicted octanol–water partition coefficient (Wildman–Crippen LogP) is 2.01. The molecule has 0 spiro atoms. The van der Waals surface area contributed by atoms with Crippen LogP contribution in [0.15, 0.2) is 6.20 Å². The van der Waals surface area contributed by atoms with Crippen LogP contribution in [0, 0.1) is 5.82 Å². The van der Waals surface area contributed by atoms with Crippen molar-refractivity contribution in [1.82, 2.24) is 9.97 Å². The molecule has 0 unspecified atom stereocenters. The van der Waals surface area contributed by atoms with Crippen molar-refractivity contribution < 1.29 is 9.50 Å². The molecule has 2 rings (SSSR count). The second-order valence-corrected chi connectivity index (χ2v) is 4.94. The van der Waals surface area contributed by atoms with Gasteiger partial charge < -0.3 is 10.0 Å². The highest BCUT2D eigenvalue weighted by Gasteiger charge is 2.33. The zero-order chi connectivity index (χ0) is 12.5. The van der Waals surface area contributed by atoms with Gasteiger partial charge in [-0.3, -0.25) is 0 Å². The summed E-state index contributed by atoms with van der Waals surface area (Å²) in [6, 6.07) is 0. The maximum atomic E-state index is 13.5. The van der Waals surface area contributed by atoms with Crippen LogP contribution < -0.4 is 4.90 Å². The molecule has 0 aromatic carbocycles. The quantitative estimate of drug-likeness (QED) is 0.844. The normalized spacial score (nSPS) is 18.4. The van der Waals surface area contributed by atoms with Crippen LogP contribution in [0.5, 0.6) is 0 Å². The Labute approximate surface area is 104 Å². The third-order valence-electron chi connectivity index (χ3n) is 3.12. The molecule has 1 aliphatic rings. The molecule has 1 fully saturated rings. The molecule has 0 bridgehead atoms. The minimum Gasteiger partial charge on any atom is -0.388 e. The molecule has 0 aliphatic heterocycles. The molecular weight excluding hydrogens is 245 g/mol. The van der Waals surface area contributed by atoms with Crippen molar-refractivity contribution in [2.45, 2.75) is 31.3 Å². The Hall–Kier alpha value is -0.940. The summed E-state index contributed by atoms with van der Waals surface area (Å²) >= 11 is 5.63. The van der Waals surface area contributed by atoms with E-state index in [0.717, 1.165) is 31.9 Å². The van der Waals surface area contributed by atoms with Crippen molar-refractivity contribution in [3.8, 4) is 0 Å². The van der Waals surface area contributed by atoms with Crippen molar-refractivity contribution in [2.75, 3.05) is 18.5 Å². The highest BCUT2D eigenvalue weighted by molar-refractivity contribution is 6.28. The molecule has 0 saturated heterocycles. The fourth-order valence-corrected chi connectivity index (χ4v) is 2.44. The second kappa shape index (κ2) is 4.74. The molecule has 1 N–H and O–H groups in total. The van der Waals surface area contributed by atoms with Gasteiger partial charge in [0.15, 0.2) is 11.6 Å². The van der Waals surface area contributed by atoms with E-state index < -0.39 is 11.4 Å². The van der Waals surface area contributed by atoms with Gasteiger partial charge in [-0.1, -0.05) is 12.8 Å². The first-order valence-electron chi connectivity index (χ1n) is 5.62. The molecule has 6 heteroatoms. The highest BCUT2D eigenvalue weighted by Crippen LogP contribution is 2.31. The van der Waals surface area contributed by atoms with E-state index in [4.69, 9.17) is 11.6 Å². The van der Waals surface area contributed by atoms with Crippen LogP contribution in [0.4, 0.5) is 10.2 Å². The van der Waals surface area contributed by atoms with E-state index in [1.807, 2.05) is 0 Å². The molecule has 1 aliphatic carbocycles. The van der Waals surface area contributed by atoms with Gasteiger partial charge in [-0.2, -0.15) is 4.98 Å². The highest BCUT2D eigenvalue weighted by atomic mass is 35.5. The number of hydrogen-bond donors (Lipinski definition) is 1. The van der Waals surface area contributed by atoms with E-state index in [0.29, 0.717) is 6.54 Å². The number of aromatic nitrogens is 2. The first kappa shape index (κ1) is 12.5. The number of hydrogen-bond acceptors (Lipinski definition) is 4. The SMILES string of the molecule is CN(CC1(O)CCCC1)c1nc(Cl)ncc1F. The monoisotopic (exact) mass is 259 g/mol. The van der Waals surface area contributed by atoms with Crippen LogP contribution in [0.3, 0.4) is 0 Å². The van der Waals surface area contributed by atoms with Crippen LogP contribution in [-0.4, -0.2) is 34.3 Å². The Morgan fingerprint density at radius 3 is 2.82 bits per heavy atom. The molecule has 1 saturated carbocycles. The zero-order valence-electron chi connectivity index (χ0n) is 9.66. The maximum absolute atomic E-state index is 13.5. The third-order valence-corrected chi connectivity index (χ3v) is 3.31. The van der Waals surface area contributed by atoms with Crippen LogP contribution in [-0.2, 0) is 0 Å². The van der Waals surface area contributed by atoms with E-state index in [9.17, 15) is 9.50 Å². The minimum atomic E-state index is -0.737. The predicted molar refractivity (Wildman–Crippen MR) is 63.7 cm³/mol. The van der Waals surface area contributed by atoms with Gasteiger partial charge in [0, 0.05) is 13.6 Å². The average molecular weight is 260 g/mol. The van der Waals surface area contributed by atoms with Gasteiger partial charge in [-0.15, -0.1) is 0 Å². The minimum absolute atomic E-state index is 0.00617. The van der Waals surface area contributed by atoms with Crippen molar-refractivity contribution in [1.29, 1.82) is 0 Å². The summed E-state index contributed by atoms with van der Waals surface area (Å²) in [6.45, 7) is 0.358. The smallest absolute Gasteiger partial charge is 0.224 e. The molecule has 1 heterocycles. The summed E-state index contributed by atoms with van der Waals surface area (Å²) < 4.78 is 13.5. The number of rotatable bonds is 3. The van der Waals surface area contributed by atoms with Gasteiger partial charge in [-0.05, 0) is 24.4 Å². The van der Waals surface area contributed by atoms with E-state index in [1.165, 1.54) is 0 Å². The summed E-state index contributed by atoms with van der Waals surface area (Å²) in [7, 11) is 1.69. The lowest BCUT2D eigenvalue weighted by Crippen LogP contribution is -2.40.